The Balaban J connectivity index is 2.79. The number of carboxylic acids is 1. The van der Waals surface area contributed by atoms with Crippen molar-refractivity contribution in [2.24, 2.45) is 0 Å². The van der Waals surface area contributed by atoms with Gasteiger partial charge in [0, 0.05) is 0 Å². The molecule has 0 saturated heterocycles. The van der Waals surface area contributed by atoms with Crippen LogP contribution in [0.4, 0.5) is 0 Å². The number of alkyl halides is 1. The summed E-state index contributed by atoms with van der Waals surface area (Å²) in [6, 6.07) is 8.87. The monoisotopic (exact) mass is 334 g/mol. The van der Waals surface area contributed by atoms with Crippen molar-refractivity contribution in [2.75, 3.05) is 4.43 Å². The molecule has 1 rings (SSSR count). The van der Waals surface area contributed by atoms with Crippen LogP contribution in [0.3, 0.4) is 0 Å². The molecule has 16 heavy (non-hydrogen) atoms. The van der Waals surface area contributed by atoms with Crippen molar-refractivity contribution in [3.8, 4) is 0 Å². The molecule has 86 valence electrons. The van der Waals surface area contributed by atoms with E-state index in [9.17, 15) is 9.59 Å². The van der Waals surface area contributed by atoms with Crippen molar-refractivity contribution in [1.29, 1.82) is 0 Å². The van der Waals surface area contributed by atoms with Gasteiger partial charge in [0.1, 0.15) is 6.10 Å². The summed E-state index contributed by atoms with van der Waals surface area (Å²) in [6.07, 6.45) is -0.923. The first-order valence-electron chi connectivity index (χ1n) is 4.65. The molecule has 1 N–H and O–H groups in total. The number of aliphatic carboxylic acids is 1. The molecule has 1 aromatic rings. The highest BCUT2D eigenvalue weighted by molar-refractivity contribution is 14.1. The van der Waals surface area contributed by atoms with Crippen LogP contribution in [0.25, 0.3) is 0 Å². The average Bonchev–Trinajstić information content (AvgIpc) is 2.28. The molecular formula is C11H11IO4. The Bertz CT molecular complexity index is 364. The molecule has 0 saturated carbocycles. The van der Waals surface area contributed by atoms with E-state index in [0.29, 0.717) is 5.56 Å². The summed E-state index contributed by atoms with van der Waals surface area (Å²) in [5.41, 5.74) is 0.697. The standard InChI is InChI=1S/C11H11IO4/c12-7-11(15)16-9(6-10(13)14)8-4-2-1-3-5-8/h1-5,9H,6-7H2,(H,13,14). The fraction of sp³-hybridized carbons (Fsp3) is 0.273. The summed E-state index contributed by atoms with van der Waals surface area (Å²) in [5.74, 6) is -1.40. The molecule has 0 aliphatic heterocycles. The van der Waals surface area contributed by atoms with Gasteiger partial charge in [-0.1, -0.05) is 52.9 Å². The van der Waals surface area contributed by atoms with Gasteiger partial charge in [0.05, 0.1) is 10.8 Å². The third-order valence-electron chi connectivity index (χ3n) is 1.91. The second-order valence-electron chi connectivity index (χ2n) is 3.12. The van der Waals surface area contributed by atoms with Gasteiger partial charge in [-0.2, -0.15) is 0 Å². The number of ether oxygens (including phenoxy) is 1. The number of carbonyl (C=O) groups excluding carboxylic acids is 1. The molecular weight excluding hydrogens is 323 g/mol. The number of halogens is 1. The summed E-state index contributed by atoms with van der Waals surface area (Å²) in [6.45, 7) is 0. The molecule has 0 radical (unpaired) electrons. The van der Waals surface area contributed by atoms with Gasteiger partial charge in [-0.3, -0.25) is 9.59 Å². The number of hydrogen-bond acceptors (Lipinski definition) is 3. The van der Waals surface area contributed by atoms with E-state index in [0.717, 1.165) is 0 Å². The number of benzene rings is 1. The van der Waals surface area contributed by atoms with E-state index in [1.165, 1.54) is 0 Å². The molecule has 0 amide bonds. The van der Waals surface area contributed by atoms with Crippen molar-refractivity contribution in [2.45, 2.75) is 12.5 Å². The minimum absolute atomic E-state index is 0.209. The minimum atomic E-state index is -0.991. The zero-order valence-corrected chi connectivity index (χ0v) is 10.6. The number of rotatable bonds is 5. The maximum atomic E-state index is 11.2. The second kappa shape index (κ2) is 6.47. The van der Waals surface area contributed by atoms with Crippen LogP contribution >= 0.6 is 22.6 Å². The fourth-order valence-corrected chi connectivity index (χ4v) is 1.42. The van der Waals surface area contributed by atoms with Gasteiger partial charge in [-0.05, 0) is 5.56 Å². The van der Waals surface area contributed by atoms with E-state index in [1.807, 2.05) is 28.7 Å². The molecule has 0 aliphatic carbocycles. The van der Waals surface area contributed by atoms with Crippen molar-refractivity contribution in [3.05, 3.63) is 35.9 Å². The maximum absolute atomic E-state index is 11.2. The van der Waals surface area contributed by atoms with Crippen LogP contribution in [0.5, 0.6) is 0 Å². The van der Waals surface area contributed by atoms with Gasteiger partial charge < -0.3 is 9.84 Å². The third kappa shape index (κ3) is 4.18. The maximum Gasteiger partial charge on any atom is 0.316 e. The van der Waals surface area contributed by atoms with Gasteiger partial charge in [0.25, 0.3) is 0 Å². The van der Waals surface area contributed by atoms with E-state index < -0.39 is 18.0 Å². The lowest BCUT2D eigenvalue weighted by molar-refractivity contribution is -0.150. The number of carbonyl (C=O) groups is 2. The van der Waals surface area contributed by atoms with Gasteiger partial charge in [0.2, 0.25) is 0 Å². The van der Waals surface area contributed by atoms with Gasteiger partial charge >= 0.3 is 11.9 Å². The van der Waals surface area contributed by atoms with Gasteiger partial charge in [0.15, 0.2) is 0 Å². The molecule has 4 nitrogen and oxygen atoms in total. The Morgan fingerprint density at radius 1 is 1.31 bits per heavy atom. The van der Waals surface area contributed by atoms with Crippen LogP contribution < -0.4 is 0 Å². The molecule has 1 atom stereocenters. The number of esters is 1. The SMILES string of the molecule is O=C(O)CC(OC(=O)CI)c1ccccc1. The summed E-state index contributed by atoms with van der Waals surface area (Å²) >= 11 is 1.88. The highest BCUT2D eigenvalue weighted by Crippen LogP contribution is 2.21. The zero-order valence-electron chi connectivity index (χ0n) is 8.43. The van der Waals surface area contributed by atoms with E-state index >= 15 is 0 Å². The predicted octanol–water partition coefficient (Wildman–Crippen LogP) is 2.18. The summed E-state index contributed by atoms with van der Waals surface area (Å²) in [7, 11) is 0. The largest absolute Gasteiger partial charge is 0.481 e. The second-order valence-corrected chi connectivity index (χ2v) is 3.88. The zero-order chi connectivity index (χ0) is 12.0. The molecule has 0 aromatic heterocycles. The molecule has 0 fully saturated rings. The Morgan fingerprint density at radius 2 is 1.94 bits per heavy atom. The lowest BCUT2D eigenvalue weighted by Crippen LogP contribution is -2.15. The van der Waals surface area contributed by atoms with Gasteiger partial charge in [-0.15, -0.1) is 0 Å². The Labute approximate surface area is 107 Å². The minimum Gasteiger partial charge on any atom is -0.481 e. The first-order chi connectivity index (χ1) is 7.63. The van der Waals surface area contributed by atoms with Crippen LogP contribution in [0.1, 0.15) is 18.1 Å². The summed E-state index contributed by atoms with van der Waals surface area (Å²) < 4.78 is 5.28. The van der Waals surface area contributed by atoms with Crippen LogP contribution in [0, 0.1) is 0 Å². The molecule has 0 heterocycles. The smallest absolute Gasteiger partial charge is 0.316 e. The topological polar surface area (TPSA) is 63.6 Å². The van der Waals surface area contributed by atoms with Crippen molar-refractivity contribution >= 4 is 34.5 Å². The number of hydrogen-bond donors (Lipinski definition) is 1. The molecule has 1 unspecified atom stereocenters. The van der Waals surface area contributed by atoms with E-state index in [1.54, 1.807) is 24.3 Å². The van der Waals surface area contributed by atoms with Crippen molar-refractivity contribution in [1.82, 2.24) is 0 Å². The van der Waals surface area contributed by atoms with E-state index in [-0.39, 0.29) is 10.8 Å². The third-order valence-corrected chi connectivity index (χ3v) is 2.54. The van der Waals surface area contributed by atoms with Crippen LogP contribution in [-0.2, 0) is 14.3 Å². The lowest BCUT2D eigenvalue weighted by Gasteiger charge is -2.15. The summed E-state index contributed by atoms with van der Waals surface area (Å²) in [4.78, 5) is 21.8. The van der Waals surface area contributed by atoms with Gasteiger partial charge in [-0.25, -0.2) is 0 Å². The predicted molar refractivity (Wildman–Crippen MR) is 66.4 cm³/mol. The van der Waals surface area contributed by atoms with E-state index in [4.69, 9.17) is 9.84 Å². The van der Waals surface area contributed by atoms with Crippen molar-refractivity contribution < 1.29 is 19.4 Å². The molecule has 1 aromatic carbocycles. The molecule has 0 bridgehead atoms. The quantitative estimate of drug-likeness (QED) is 0.509. The first kappa shape index (κ1) is 13.0. The Hall–Kier alpha value is -1.11. The number of carboxylic acid groups (broad SMARTS) is 1. The fourth-order valence-electron chi connectivity index (χ4n) is 1.24. The first-order valence-corrected chi connectivity index (χ1v) is 6.18. The highest BCUT2D eigenvalue weighted by atomic mass is 127. The molecule has 0 spiro atoms. The Morgan fingerprint density at radius 3 is 2.44 bits per heavy atom. The molecule has 5 heteroatoms. The normalized spacial score (nSPS) is 11.8. The summed E-state index contributed by atoms with van der Waals surface area (Å²) in [5, 5.41) is 8.74. The molecule has 0 aliphatic rings. The van der Waals surface area contributed by atoms with Crippen LogP contribution in [0.2, 0.25) is 0 Å². The van der Waals surface area contributed by atoms with Crippen LogP contribution in [-0.4, -0.2) is 21.5 Å². The lowest BCUT2D eigenvalue weighted by atomic mass is 10.1. The van der Waals surface area contributed by atoms with Crippen LogP contribution in [0.15, 0.2) is 30.3 Å². The van der Waals surface area contributed by atoms with E-state index in [2.05, 4.69) is 0 Å². The Kier molecular flexibility index (Phi) is 5.24. The highest BCUT2D eigenvalue weighted by Gasteiger charge is 2.19. The van der Waals surface area contributed by atoms with Crippen molar-refractivity contribution in [3.63, 3.8) is 0 Å². The average molecular weight is 334 g/mol.